The Bertz CT molecular complexity index is 541. The number of hydrogen-bond donors (Lipinski definition) is 1. The number of halogens is 1. The van der Waals surface area contributed by atoms with Gasteiger partial charge in [-0.2, -0.15) is 0 Å². The van der Waals surface area contributed by atoms with Crippen LogP contribution < -0.4 is 5.32 Å². The monoisotopic (exact) mass is 315 g/mol. The molecule has 1 aromatic carbocycles. The van der Waals surface area contributed by atoms with E-state index in [0.717, 1.165) is 25.7 Å². The van der Waals surface area contributed by atoms with Gasteiger partial charge in [0, 0.05) is 11.1 Å². The van der Waals surface area contributed by atoms with Gasteiger partial charge in [-0.15, -0.1) is 0 Å². The van der Waals surface area contributed by atoms with E-state index in [9.17, 15) is 8.42 Å². The van der Waals surface area contributed by atoms with Gasteiger partial charge in [-0.25, -0.2) is 8.42 Å². The highest BCUT2D eigenvalue weighted by molar-refractivity contribution is 7.92. The smallest absolute Gasteiger partial charge is 0.182 e. The molecule has 0 bridgehead atoms. The zero-order valence-electron chi connectivity index (χ0n) is 12.0. The van der Waals surface area contributed by atoms with Crippen LogP contribution in [-0.4, -0.2) is 26.8 Å². The third-order valence-electron chi connectivity index (χ3n) is 4.39. The molecular weight excluding hydrogens is 294 g/mol. The average Bonchev–Trinajstić information content (AvgIpc) is 2.47. The van der Waals surface area contributed by atoms with Crippen molar-refractivity contribution in [1.82, 2.24) is 5.32 Å². The highest BCUT2D eigenvalue weighted by atomic mass is 35.5. The lowest BCUT2D eigenvalue weighted by molar-refractivity contribution is 0.296. The second kappa shape index (κ2) is 6.46. The molecule has 1 aliphatic carbocycles. The molecule has 3 atom stereocenters. The van der Waals surface area contributed by atoms with E-state index < -0.39 is 9.84 Å². The van der Waals surface area contributed by atoms with Crippen LogP contribution in [-0.2, 0) is 9.84 Å². The maximum atomic E-state index is 12.8. The van der Waals surface area contributed by atoms with Gasteiger partial charge >= 0.3 is 0 Å². The molecule has 1 aromatic rings. The van der Waals surface area contributed by atoms with E-state index in [1.165, 1.54) is 0 Å². The molecule has 0 amide bonds. The summed E-state index contributed by atoms with van der Waals surface area (Å²) >= 11 is 5.84. The molecule has 112 valence electrons. The molecule has 3 nitrogen and oxygen atoms in total. The first-order valence-corrected chi connectivity index (χ1v) is 9.08. The van der Waals surface area contributed by atoms with Crippen molar-refractivity contribution < 1.29 is 8.42 Å². The molecule has 1 aliphatic rings. The Morgan fingerprint density at radius 1 is 1.25 bits per heavy atom. The highest BCUT2D eigenvalue weighted by Crippen LogP contribution is 2.34. The second-order valence-electron chi connectivity index (χ2n) is 5.52. The largest absolute Gasteiger partial charge is 0.316 e. The minimum absolute atomic E-state index is 0.0403. The maximum absolute atomic E-state index is 12.8. The minimum Gasteiger partial charge on any atom is -0.316 e. The second-order valence-corrected chi connectivity index (χ2v) is 8.12. The predicted octanol–water partition coefficient (Wildman–Crippen LogP) is 3.28. The van der Waals surface area contributed by atoms with Crippen molar-refractivity contribution in [3.63, 3.8) is 0 Å². The van der Waals surface area contributed by atoms with E-state index in [4.69, 9.17) is 11.6 Å². The van der Waals surface area contributed by atoms with Crippen LogP contribution >= 0.6 is 11.6 Å². The van der Waals surface area contributed by atoms with Crippen LogP contribution in [0.15, 0.2) is 29.2 Å². The van der Waals surface area contributed by atoms with Gasteiger partial charge in [-0.05, 0) is 56.5 Å². The van der Waals surface area contributed by atoms with Crippen molar-refractivity contribution in [3.05, 3.63) is 29.3 Å². The van der Waals surface area contributed by atoms with Crippen LogP contribution in [0.3, 0.4) is 0 Å². The molecule has 0 radical (unpaired) electrons. The Labute approximate surface area is 126 Å². The Morgan fingerprint density at radius 3 is 2.45 bits per heavy atom. The van der Waals surface area contributed by atoms with Crippen molar-refractivity contribution >= 4 is 21.4 Å². The summed E-state index contributed by atoms with van der Waals surface area (Å²) in [6.45, 7) is 2.14. The van der Waals surface area contributed by atoms with Crippen LogP contribution in [0.2, 0.25) is 5.02 Å². The fourth-order valence-electron chi connectivity index (χ4n) is 3.05. The first-order chi connectivity index (χ1) is 9.48. The molecule has 0 heterocycles. The highest BCUT2D eigenvalue weighted by Gasteiger charge is 2.38. The summed E-state index contributed by atoms with van der Waals surface area (Å²) in [7, 11) is -1.46. The van der Waals surface area contributed by atoms with Gasteiger partial charge in [-0.1, -0.05) is 24.9 Å². The molecular formula is C15H22ClNO2S. The van der Waals surface area contributed by atoms with Gasteiger partial charge in [0.2, 0.25) is 0 Å². The van der Waals surface area contributed by atoms with E-state index in [1.807, 2.05) is 7.05 Å². The van der Waals surface area contributed by atoms with Crippen molar-refractivity contribution in [2.75, 3.05) is 7.05 Å². The molecule has 5 heteroatoms. The van der Waals surface area contributed by atoms with Gasteiger partial charge in [0.25, 0.3) is 0 Å². The summed E-state index contributed by atoms with van der Waals surface area (Å²) in [5.41, 5.74) is 0. The van der Waals surface area contributed by atoms with Crippen molar-refractivity contribution in [2.45, 2.75) is 48.8 Å². The van der Waals surface area contributed by atoms with E-state index in [2.05, 4.69) is 12.2 Å². The van der Waals surface area contributed by atoms with Crippen LogP contribution in [0, 0.1) is 5.92 Å². The number of sulfone groups is 1. The summed E-state index contributed by atoms with van der Waals surface area (Å²) in [6, 6.07) is 6.55. The zero-order valence-corrected chi connectivity index (χ0v) is 13.5. The fourth-order valence-corrected chi connectivity index (χ4v) is 5.28. The lowest BCUT2D eigenvalue weighted by Crippen LogP contribution is -2.46. The molecule has 1 N–H and O–H groups in total. The molecule has 2 rings (SSSR count). The first kappa shape index (κ1) is 15.8. The third kappa shape index (κ3) is 3.18. The van der Waals surface area contributed by atoms with Crippen molar-refractivity contribution in [1.29, 1.82) is 0 Å². The normalized spacial score (nSPS) is 27.4. The molecule has 1 saturated carbocycles. The van der Waals surface area contributed by atoms with E-state index in [1.54, 1.807) is 24.3 Å². The summed E-state index contributed by atoms with van der Waals surface area (Å²) in [5, 5.41) is 3.40. The average molecular weight is 316 g/mol. The first-order valence-electron chi connectivity index (χ1n) is 7.15. The molecule has 3 unspecified atom stereocenters. The van der Waals surface area contributed by atoms with Crippen LogP contribution in [0.1, 0.15) is 32.6 Å². The third-order valence-corrected chi connectivity index (χ3v) is 6.89. The van der Waals surface area contributed by atoms with Crippen molar-refractivity contribution in [3.8, 4) is 0 Å². The molecule has 20 heavy (non-hydrogen) atoms. The molecule has 0 saturated heterocycles. The van der Waals surface area contributed by atoms with E-state index >= 15 is 0 Å². The Kier molecular flexibility index (Phi) is 5.10. The Balaban J connectivity index is 2.32. The van der Waals surface area contributed by atoms with Gasteiger partial charge in [0.05, 0.1) is 10.1 Å². The zero-order chi connectivity index (χ0) is 14.8. The van der Waals surface area contributed by atoms with Crippen LogP contribution in [0.5, 0.6) is 0 Å². The topological polar surface area (TPSA) is 46.2 Å². The maximum Gasteiger partial charge on any atom is 0.182 e. The molecule has 0 aromatic heterocycles. The summed E-state index contributed by atoms with van der Waals surface area (Å²) in [6.07, 6.45) is 3.82. The fraction of sp³-hybridized carbons (Fsp3) is 0.600. The van der Waals surface area contributed by atoms with Gasteiger partial charge in [0.1, 0.15) is 0 Å². The number of benzene rings is 1. The number of nitrogens with one attached hydrogen (secondary N) is 1. The summed E-state index contributed by atoms with van der Waals surface area (Å²) < 4.78 is 25.7. The van der Waals surface area contributed by atoms with Gasteiger partial charge < -0.3 is 5.32 Å². The van der Waals surface area contributed by atoms with Crippen LogP contribution in [0.4, 0.5) is 0 Å². The predicted molar refractivity (Wildman–Crippen MR) is 82.9 cm³/mol. The number of hydrogen-bond acceptors (Lipinski definition) is 3. The van der Waals surface area contributed by atoms with E-state index in [-0.39, 0.29) is 11.3 Å². The van der Waals surface area contributed by atoms with Crippen LogP contribution in [0.25, 0.3) is 0 Å². The van der Waals surface area contributed by atoms with Gasteiger partial charge in [0.15, 0.2) is 9.84 Å². The summed E-state index contributed by atoms with van der Waals surface area (Å²) in [4.78, 5) is 0.379. The number of rotatable bonds is 4. The lowest BCUT2D eigenvalue weighted by atomic mass is 9.84. The Morgan fingerprint density at radius 2 is 1.90 bits per heavy atom. The molecule has 1 fully saturated rings. The molecule has 0 spiro atoms. The summed E-state index contributed by atoms with van der Waals surface area (Å²) in [5.74, 6) is 0.506. The standard InChI is InChI=1S/C15H22ClNO2S/c1-3-11-4-9-14(17-2)15(10-11)20(18,19)13-7-5-12(16)6-8-13/h5-8,11,14-15,17H,3-4,9-10H2,1-2H3. The van der Waals surface area contributed by atoms with E-state index in [0.29, 0.717) is 15.8 Å². The Hall–Kier alpha value is -0.580. The molecule has 0 aliphatic heterocycles. The van der Waals surface area contributed by atoms with Gasteiger partial charge in [-0.3, -0.25) is 0 Å². The van der Waals surface area contributed by atoms with Crippen molar-refractivity contribution in [2.24, 2.45) is 5.92 Å². The SMILES string of the molecule is CCC1CCC(NC)C(S(=O)(=O)c2ccc(Cl)cc2)C1. The quantitative estimate of drug-likeness (QED) is 0.927. The minimum atomic E-state index is -3.30. The lowest BCUT2D eigenvalue weighted by Gasteiger charge is -2.35.